The normalized spacial score (nSPS) is 14.9. The molecule has 1 aliphatic rings. The molecule has 1 N–H and O–H groups in total. The number of carboxylic acid groups (broad SMARTS) is 1. The van der Waals surface area contributed by atoms with Gasteiger partial charge in [0, 0.05) is 17.1 Å². The van der Waals surface area contributed by atoms with E-state index in [1.165, 1.54) is 6.07 Å². The van der Waals surface area contributed by atoms with Gasteiger partial charge in [-0.05, 0) is 76.4 Å². The van der Waals surface area contributed by atoms with E-state index in [-0.39, 0.29) is 22.7 Å². The van der Waals surface area contributed by atoms with Crippen LogP contribution in [0.5, 0.6) is 11.5 Å². The fourth-order valence-electron chi connectivity index (χ4n) is 4.72. The monoisotopic (exact) mass is 474 g/mol. The first-order valence-electron chi connectivity index (χ1n) is 11.7. The second-order valence-electron chi connectivity index (χ2n) is 10.0. The third-order valence-corrected chi connectivity index (χ3v) is 6.65. The maximum absolute atomic E-state index is 14.8. The second-order valence-corrected chi connectivity index (χ2v) is 10.0. The molecule has 1 aliphatic carbocycles. The van der Waals surface area contributed by atoms with Gasteiger partial charge in [0.05, 0.1) is 7.11 Å². The van der Waals surface area contributed by atoms with Gasteiger partial charge in [0.2, 0.25) is 0 Å². The number of aliphatic carboxylic acids is 1. The van der Waals surface area contributed by atoms with Crippen LogP contribution in [0.2, 0.25) is 0 Å². The van der Waals surface area contributed by atoms with Crippen LogP contribution < -0.4 is 9.47 Å². The summed E-state index contributed by atoms with van der Waals surface area (Å²) in [6, 6.07) is 16.6. The number of benzene rings is 3. The van der Waals surface area contributed by atoms with E-state index in [1.807, 2.05) is 30.3 Å². The molecule has 182 valence electrons. The van der Waals surface area contributed by atoms with Crippen LogP contribution in [0.25, 0.3) is 11.1 Å². The van der Waals surface area contributed by atoms with Gasteiger partial charge in [-0.25, -0.2) is 9.18 Å². The van der Waals surface area contributed by atoms with Gasteiger partial charge < -0.3 is 14.6 Å². The molecule has 0 aliphatic heterocycles. The highest BCUT2D eigenvalue weighted by atomic mass is 19.1. The lowest BCUT2D eigenvalue weighted by Gasteiger charge is -2.24. The topological polar surface area (TPSA) is 55.8 Å². The molecule has 0 amide bonds. The minimum absolute atomic E-state index is 0.185. The third kappa shape index (κ3) is 5.09. The lowest BCUT2D eigenvalue weighted by Crippen LogP contribution is -2.14. The predicted octanol–water partition coefficient (Wildman–Crippen LogP) is 7.05. The highest BCUT2D eigenvalue weighted by Crippen LogP contribution is 2.40. The molecule has 0 spiro atoms. The molecule has 0 unspecified atom stereocenters. The first-order chi connectivity index (χ1) is 16.6. The first kappa shape index (κ1) is 24.5. The predicted molar refractivity (Wildman–Crippen MR) is 136 cm³/mol. The molecular formula is C30H31FO4. The van der Waals surface area contributed by atoms with E-state index in [0.717, 1.165) is 40.7 Å². The number of halogens is 1. The van der Waals surface area contributed by atoms with Gasteiger partial charge >= 0.3 is 5.97 Å². The number of rotatable bonds is 7. The van der Waals surface area contributed by atoms with Gasteiger partial charge in [0.1, 0.15) is 23.9 Å². The fraction of sp³-hybridized carbons (Fsp3) is 0.300. The highest BCUT2D eigenvalue weighted by molar-refractivity contribution is 5.88. The fourth-order valence-corrected chi connectivity index (χ4v) is 4.72. The molecule has 3 aromatic carbocycles. The van der Waals surface area contributed by atoms with Crippen molar-refractivity contribution >= 4 is 5.97 Å². The molecule has 0 aromatic heterocycles. The Morgan fingerprint density at radius 3 is 2.49 bits per heavy atom. The van der Waals surface area contributed by atoms with Gasteiger partial charge in [-0.1, -0.05) is 51.6 Å². The lowest BCUT2D eigenvalue weighted by atomic mass is 9.81. The second kappa shape index (κ2) is 9.57. The standard InChI is InChI=1S/C30H31FO4/c1-18(29(32)33)23-12-8-20-7-9-22(16-25(20)23)35-17-19-6-11-24(27(14-19)30(2,3)4)26-15-21(34-5)10-13-28(26)31/h6-7,9-11,13-16,23H,1,8,12,17H2,2-5H3,(H,32,33)/t23-/m0/s1. The lowest BCUT2D eigenvalue weighted by molar-refractivity contribution is -0.132. The van der Waals surface area contributed by atoms with Crippen molar-refractivity contribution in [3.63, 3.8) is 0 Å². The number of ether oxygens (including phenoxy) is 2. The van der Waals surface area contributed by atoms with E-state index in [2.05, 4.69) is 33.4 Å². The van der Waals surface area contributed by atoms with Crippen LogP contribution in [0, 0.1) is 5.82 Å². The molecule has 3 aromatic rings. The number of hydrogen-bond acceptors (Lipinski definition) is 3. The molecule has 4 nitrogen and oxygen atoms in total. The van der Waals surface area contributed by atoms with Crippen molar-refractivity contribution < 1.29 is 23.8 Å². The van der Waals surface area contributed by atoms with Gasteiger partial charge in [-0.3, -0.25) is 0 Å². The number of carbonyl (C=O) groups is 1. The van der Waals surface area contributed by atoms with E-state index in [0.29, 0.717) is 23.7 Å². The van der Waals surface area contributed by atoms with Gasteiger partial charge in [-0.2, -0.15) is 0 Å². The molecule has 4 rings (SSSR count). The molecule has 0 saturated carbocycles. The van der Waals surface area contributed by atoms with Crippen LogP contribution in [-0.4, -0.2) is 18.2 Å². The van der Waals surface area contributed by atoms with Crippen molar-refractivity contribution in [3.8, 4) is 22.6 Å². The minimum Gasteiger partial charge on any atom is -0.497 e. The summed E-state index contributed by atoms with van der Waals surface area (Å²) in [5, 5.41) is 9.37. The molecule has 0 heterocycles. The van der Waals surface area contributed by atoms with Crippen molar-refractivity contribution in [1.29, 1.82) is 0 Å². The van der Waals surface area contributed by atoms with E-state index in [1.54, 1.807) is 19.2 Å². The van der Waals surface area contributed by atoms with E-state index < -0.39 is 5.97 Å². The molecule has 0 fully saturated rings. The number of carboxylic acids is 1. The van der Waals surface area contributed by atoms with E-state index in [9.17, 15) is 14.3 Å². The number of fused-ring (bicyclic) bond motifs is 1. The molecular weight excluding hydrogens is 443 g/mol. The Morgan fingerprint density at radius 2 is 1.80 bits per heavy atom. The maximum Gasteiger partial charge on any atom is 0.331 e. The zero-order valence-electron chi connectivity index (χ0n) is 20.7. The Balaban J connectivity index is 1.61. The Bertz CT molecular complexity index is 1290. The summed E-state index contributed by atoms with van der Waals surface area (Å²) in [5.41, 5.74) is 5.43. The summed E-state index contributed by atoms with van der Waals surface area (Å²) in [6.07, 6.45) is 1.59. The number of hydrogen-bond donors (Lipinski definition) is 1. The molecule has 0 radical (unpaired) electrons. The summed E-state index contributed by atoms with van der Waals surface area (Å²) in [7, 11) is 1.57. The average molecular weight is 475 g/mol. The van der Waals surface area contributed by atoms with Crippen molar-refractivity contribution in [1.82, 2.24) is 0 Å². The Morgan fingerprint density at radius 1 is 1.06 bits per heavy atom. The van der Waals surface area contributed by atoms with Crippen LogP contribution in [0.4, 0.5) is 4.39 Å². The highest BCUT2D eigenvalue weighted by Gasteiger charge is 2.28. The zero-order chi connectivity index (χ0) is 25.3. The first-order valence-corrected chi connectivity index (χ1v) is 11.7. The summed E-state index contributed by atoms with van der Waals surface area (Å²) in [6.45, 7) is 10.4. The average Bonchev–Trinajstić information content (AvgIpc) is 3.25. The zero-order valence-corrected chi connectivity index (χ0v) is 20.7. The largest absolute Gasteiger partial charge is 0.497 e. The van der Waals surface area contributed by atoms with Crippen LogP contribution in [0.15, 0.2) is 66.7 Å². The van der Waals surface area contributed by atoms with Crippen LogP contribution in [-0.2, 0) is 23.2 Å². The molecule has 1 atom stereocenters. The smallest absolute Gasteiger partial charge is 0.331 e. The van der Waals surface area contributed by atoms with Crippen molar-refractivity contribution in [2.75, 3.05) is 7.11 Å². The molecule has 0 saturated heterocycles. The number of methoxy groups -OCH3 is 1. The number of aryl methyl sites for hydroxylation is 1. The van der Waals surface area contributed by atoms with Gasteiger partial charge in [0.25, 0.3) is 0 Å². The van der Waals surface area contributed by atoms with Crippen molar-refractivity contribution in [2.24, 2.45) is 0 Å². The van der Waals surface area contributed by atoms with Crippen LogP contribution in [0.3, 0.4) is 0 Å². The van der Waals surface area contributed by atoms with Gasteiger partial charge in [0.15, 0.2) is 0 Å². The maximum atomic E-state index is 14.8. The molecule has 0 bridgehead atoms. The van der Waals surface area contributed by atoms with Gasteiger partial charge in [-0.15, -0.1) is 0 Å². The molecule has 35 heavy (non-hydrogen) atoms. The summed E-state index contributed by atoms with van der Waals surface area (Å²) in [5.74, 6) is -0.147. The van der Waals surface area contributed by atoms with Crippen LogP contribution >= 0.6 is 0 Å². The third-order valence-electron chi connectivity index (χ3n) is 6.65. The van der Waals surface area contributed by atoms with E-state index >= 15 is 0 Å². The minimum atomic E-state index is -0.962. The SMILES string of the molecule is C=C(C(=O)O)[C@@H]1CCc2ccc(OCc3ccc(-c4cc(OC)ccc4F)c(C(C)(C)C)c3)cc21. The summed E-state index contributed by atoms with van der Waals surface area (Å²) in [4.78, 5) is 11.4. The Kier molecular flexibility index (Phi) is 6.70. The Hall–Kier alpha value is -3.60. The van der Waals surface area contributed by atoms with Crippen molar-refractivity contribution in [3.05, 3.63) is 94.8 Å². The van der Waals surface area contributed by atoms with Crippen LogP contribution in [0.1, 0.15) is 55.4 Å². The summed E-state index contributed by atoms with van der Waals surface area (Å²) < 4.78 is 26.2. The van der Waals surface area contributed by atoms with E-state index in [4.69, 9.17) is 9.47 Å². The molecule has 5 heteroatoms. The Labute approximate surface area is 206 Å². The quantitative estimate of drug-likeness (QED) is 0.373. The summed E-state index contributed by atoms with van der Waals surface area (Å²) >= 11 is 0. The van der Waals surface area contributed by atoms with Crippen molar-refractivity contribution in [2.45, 2.75) is 51.6 Å².